The Balaban J connectivity index is 2.38. The molecule has 0 aromatic carbocycles. The van der Waals surface area contributed by atoms with Crippen molar-refractivity contribution in [1.29, 1.82) is 0 Å². The van der Waals surface area contributed by atoms with Crippen LogP contribution in [0.5, 0.6) is 0 Å². The van der Waals surface area contributed by atoms with Gasteiger partial charge < -0.3 is 4.98 Å². The highest BCUT2D eigenvalue weighted by Crippen LogP contribution is 2.18. The number of H-pyrrole nitrogens is 1. The van der Waals surface area contributed by atoms with Crippen LogP contribution in [-0.2, 0) is 10.0 Å². The molecule has 0 bridgehead atoms. The van der Waals surface area contributed by atoms with E-state index in [-0.39, 0.29) is 10.0 Å². The van der Waals surface area contributed by atoms with E-state index in [1.54, 1.807) is 6.07 Å². The van der Waals surface area contributed by atoms with Gasteiger partial charge in [-0.3, -0.25) is 9.52 Å². The molecular weight excluding hydrogens is 264 g/mol. The number of rotatable bonds is 3. The van der Waals surface area contributed by atoms with Crippen LogP contribution in [0.2, 0.25) is 0 Å². The Morgan fingerprint density at radius 2 is 2.24 bits per heavy atom. The van der Waals surface area contributed by atoms with Gasteiger partial charge in [0.25, 0.3) is 10.0 Å². The Labute approximate surface area is 101 Å². The van der Waals surface area contributed by atoms with Gasteiger partial charge in [0.2, 0.25) is 0 Å². The van der Waals surface area contributed by atoms with Gasteiger partial charge in [-0.1, -0.05) is 11.3 Å². The summed E-state index contributed by atoms with van der Waals surface area (Å²) in [6, 6.07) is 3.02. The maximum absolute atomic E-state index is 11.9. The predicted molar refractivity (Wildman–Crippen MR) is 62.5 cm³/mol. The third kappa shape index (κ3) is 2.50. The first-order valence-corrected chi connectivity index (χ1v) is 6.79. The van der Waals surface area contributed by atoms with E-state index in [4.69, 9.17) is 0 Å². The zero-order chi connectivity index (χ0) is 12.5. The molecule has 2 rings (SSSR count). The van der Waals surface area contributed by atoms with Gasteiger partial charge in [0.15, 0.2) is 10.0 Å². The van der Waals surface area contributed by atoms with Gasteiger partial charge in [0, 0.05) is 11.9 Å². The number of nitrogens with one attached hydrogen (secondary N) is 2. The standard InChI is InChI=1S/C8H8N4O3S2/c1-5-7(16-8(13)10-5)17(14,15)12-6-3-2-4-9-11-6/h2-4H,1H3,(H,10,13)(H,11,12). The SMILES string of the molecule is Cc1[nH]c(=O)sc1S(=O)(=O)Nc1cccnn1. The molecule has 0 aliphatic rings. The highest BCUT2D eigenvalue weighted by Gasteiger charge is 2.21. The van der Waals surface area contributed by atoms with Crippen molar-refractivity contribution in [2.75, 3.05) is 4.72 Å². The van der Waals surface area contributed by atoms with Crippen LogP contribution in [0.4, 0.5) is 5.82 Å². The first kappa shape index (κ1) is 11.7. The van der Waals surface area contributed by atoms with Gasteiger partial charge >= 0.3 is 4.87 Å². The third-order valence-corrected chi connectivity index (χ3v) is 4.80. The zero-order valence-electron chi connectivity index (χ0n) is 8.67. The average Bonchev–Trinajstić information content (AvgIpc) is 2.59. The Kier molecular flexibility index (Phi) is 2.94. The molecule has 0 spiro atoms. The molecule has 7 nitrogen and oxygen atoms in total. The van der Waals surface area contributed by atoms with Crippen LogP contribution in [0, 0.1) is 6.92 Å². The van der Waals surface area contributed by atoms with Crippen LogP contribution >= 0.6 is 11.3 Å². The second-order valence-electron chi connectivity index (χ2n) is 3.14. The van der Waals surface area contributed by atoms with E-state index in [1.165, 1.54) is 19.2 Å². The van der Waals surface area contributed by atoms with E-state index < -0.39 is 14.9 Å². The van der Waals surface area contributed by atoms with Crippen LogP contribution < -0.4 is 9.60 Å². The van der Waals surface area contributed by atoms with Gasteiger partial charge in [0.05, 0.1) is 0 Å². The first-order chi connectivity index (χ1) is 7.99. The summed E-state index contributed by atoms with van der Waals surface area (Å²) in [7, 11) is -3.79. The van der Waals surface area contributed by atoms with Crippen LogP contribution in [0.15, 0.2) is 27.3 Å². The fourth-order valence-electron chi connectivity index (χ4n) is 1.19. The van der Waals surface area contributed by atoms with Crippen molar-refractivity contribution in [1.82, 2.24) is 15.2 Å². The van der Waals surface area contributed by atoms with Crippen molar-refractivity contribution in [3.63, 3.8) is 0 Å². The Morgan fingerprint density at radius 1 is 1.47 bits per heavy atom. The fourth-order valence-corrected chi connectivity index (χ4v) is 3.49. The lowest BCUT2D eigenvalue weighted by molar-refractivity contribution is 0.602. The fraction of sp³-hybridized carbons (Fsp3) is 0.125. The molecule has 0 aliphatic carbocycles. The molecule has 2 aromatic heterocycles. The van der Waals surface area contributed by atoms with Crippen LogP contribution in [-0.4, -0.2) is 23.6 Å². The maximum atomic E-state index is 11.9. The number of aryl methyl sites for hydroxylation is 1. The van der Waals surface area contributed by atoms with E-state index in [2.05, 4.69) is 19.9 Å². The number of thiazole rings is 1. The molecular formula is C8H8N4O3S2. The van der Waals surface area contributed by atoms with E-state index in [9.17, 15) is 13.2 Å². The van der Waals surface area contributed by atoms with Crippen molar-refractivity contribution in [3.05, 3.63) is 33.7 Å². The molecule has 0 atom stereocenters. The van der Waals surface area contributed by atoms with Crippen LogP contribution in [0.1, 0.15) is 5.69 Å². The molecule has 0 fully saturated rings. The highest BCUT2D eigenvalue weighted by atomic mass is 32.2. The number of aromatic amines is 1. The van der Waals surface area contributed by atoms with Crippen molar-refractivity contribution < 1.29 is 8.42 Å². The minimum absolute atomic E-state index is 0.0480. The first-order valence-electron chi connectivity index (χ1n) is 4.49. The summed E-state index contributed by atoms with van der Waals surface area (Å²) in [5.41, 5.74) is 0.302. The largest absolute Gasteiger partial charge is 0.315 e. The van der Waals surface area contributed by atoms with Crippen LogP contribution in [0.3, 0.4) is 0 Å². The molecule has 0 unspecified atom stereocenters. The maximum Gasteiger partial charge on any atom is 0.306 e. The smallest absolute Gasteiger partial charge is 0.306 e. The van der Waals surface area contributed by atoms with Gasteiger partial charge in [-0.15, -0.1) is 5.10 Å². The normalized spacial score (nSPS) is 11.4. The lowest BCUT2D eigenvalue weighted by Gasteiger charge is -2.04. The van der Waals surface area contributed by atoms with Gasteiger partial charge in [0.1, 0.15) is 0 Å². The van der Waals surface area contributed by atoms with E-state index in [0.717, 1.165) is 0 Å². The summed E-state index contributed by atoms with van der Waals surface area (Å²) in [6.07, 6.45) is 1.43. The number of aromatic nitrogens is 3. The van der Waals surface area contributed by atoms with Crippen molar-refractivity contribution in [3.8, 4) is 0 Å². The average molecular weight is 272 g/mol. The van der Waals surface area contributed by atoms with Crippen LogP contribution in [0.25, 0.3) is 0 Å². The van der Waals surface area contributed by atoms with Crippen molar-refractivity contribution in [2.45, 2.75) is 11.1 Å². The summed E-state index contributed by atoms with van der Waals surface area (Å²) in [4.78, 5) is 13.0. The molecule has 0 radical (unpaired) electrons. The van der Waals surface area contributed by atoms with E-state index in [1.807, 2.05) is 0 Å². The van der Waals surface area contributed by atoms with E-state index in [0.29, 0.717) is 17.0 Å². The predicted octanol–water partition coefficient (Wildman–Crippen LogP) is 0.336. The Hall–Kier alpha value is -1.74. The summed E-state index contributed by atoms with van der Waals surface area (Å²) < 4.78 is 26.0. The van der Waals surface area contributed by atoms with Gasteiger partial charge in [-0.25, -0.2) is 8.42 Å². The lowest BCUT2D eigenvalue weighted by atomic mass is 10.6. The molecule has 2 aromatic rings. The second-order valence-corrected chi connectivity index (χ2v) is 6.00. The molecule has 17 heavy (non-hydrogen) atoms. The van der Waals surface area contributed by atoms with Crippen molar-refractivity contribution in [2.24, 2.45) is 0 Å². The van der Waals surface area contributed by atoms with Gasteiger partial charge in [-0.2, -0.15) is 5.10 Å². The molecule has 9 heteroatoms. The zero-order valence-corrected chi connectivity index (χ0v) is 10.3. The molecule has 90 valence electrons. The summed E-state index contributed by atoms with van der Waals surface area (Å²) in [6.45, 7) is 1.52. The van der Waals surface area contributed by atoms with E-state index >= 15 is 0 Å². The number of hydrogen-bond acceptors (Lipinski definition) is 6. The third-order valence-electron chi connectivity index (χ3n) is 1.84. The molecule has 0 saturated heterocycles. The number of hydrogen-bond donors (Lipinski definition) is 2. The molecule has 0 aliphatic heterocycles. The van der Waals surface area contributed by atoms with Gasteiger partial charge in [-0.05, 0) is 19.1 Å². The van der Waals surface area contributed by atoms with Crippen molar-refractivity contribution >= 4 is 27.2 Å². The minimum Gasteiger partial charge on any atom is -0.315 e. The monoisotopic (exact) mass is 272 g/mol. The minimum atomic E-state index is -3.79. The number of nitrogens with zero attached hydrogens (tertiary/aromatic N) is 2. The molecule has 2 heterocycles. The second kappa shape index (κ2) is 4.26. The summed E-state index contributed by atoms with van der Waals surface area (Å²) >= 11 is 0.631. The highest BCUT2D eigenvalue weighted by molar-refractivity contribution is 7.94. The quantitative estimate of drug-likeness (QED) is 0.838. The Morgan fingerprint density at radius 3 is 2.76 bits per heavy atom. The topological polar surface area (TPSA) is 105 Å². The molecule has 2 N–H and O–H groups in total. The number of sulfonamides is 1. The lowest BCUT2D eigenvalue weighted by Crippen LogP contribution is -2.13. The number of anilines is 1. The summed E-state index contributed by atoms with van der Waals surface area (Å²) in [5.74, 6) is 0.104. The summed E-state index contributed by atoms with van der Waals surface area (Å²) in [5, 5.41) is 7.15. The molecule has 0 saturated carbocycles. The molecule has 0 amide bonds. The Bertz CT molecular complexity index is 674.